The summed E-state index contributed by atoms with van der Waals surface area (Å²) in [6.07, 6.45) is 5.26. The van der Waals surface area contributed by atoms with E-state index in [1.54, 1.807) is 0 Å². The second kappa shape index (κ2) is 7.46. The molecule has 1 fully saturated rings. The monoisotopic (exact) mass is 256 g/mol. The minimum absolute atomic E-state index is 0.182. The molecule has 0 spiro atoms. The van der Waals surface area contributed by atoms with Gasteiger partial charge in [0, 0.05) is 31.8 Å². The van der Waals surface area contributed by atoms with Crippen LogP contribution in [-0.2, 0) is 4.74 Å². The van der Waals surface area contributed by atoms with E-state index in [-0.39, 0.29) is 5.54 Å². The molecule has 18 heavy (non-hydrogen) atoms. The molecule has 0 aromatic carbocycles. The Balaban J connectivity index is 2.46. The molecule has 3 heteroatoms. The van der Waals surface area contributed by atoms with Crippen molar-refractivity contribution in [1.82, 2.24) is 4.90 Å². The van der Waals surface area contributed by atoms with E-state index in [0.29, 0.717) is 6.10 Å². The highest BCUT2D eigenvalue weighted by atomic mass is 16.5. The lowest BCUT2D eigenvalue weighted by molar-refractivity contribution is -0.0169. The molecule has 0 bridgehead atoms. The molecule has 2 N–H and O–H groups in total. The molecule has 0 amide bonds. The first kappa shape index (κ1) is 15.9. The van der Waals surface area contributed by atoms with Gasteiger partial charge < -0.3 is 10.5 Å². The van der Waals surface area contributed by atoms with E-state index >= 15 is 0 Å². The highest BCUT2D eigenvalue weighted by molar-refractivity contribution is 4.90. The van der Waals surface area contributed by atoms with Crippen LogP contribution in [0.1, 0.15) is 53.4 Å². The Morgan fingerprint density at radius 3 is 2.39 bits per heavy atom. The molecule has 1 unspecified atom stereocenters. The van der Waals surface area contributed by atoms with Crippen LogP contribution in [0.2, 0.25) is 0 Å². The Morgan fingerprint density at radius 2 is 1.94 bits per heavy atom. The van der Waals surface area contributed by atoms with Crippen molar-refractivity contribution in [3.05, 3.63) is 0 Å². The predicted octanol–water partition coefficient (Wildman–Crippen LogP) is 2.64. The number of rotatable bonds is 7. The summed E-state index contributed by atoms with van der Waals surface area (Å²) in [5.41, 5.74) is 6.23. The van der Waals surface area contributed by atoms with E-state index in [2.05, 4.69) is 32.6 Å². The van der Waals surface area contributed by atoms with Gasteiger partial charge in [0.2, 0.25) is 0 Å². The van der Waals surface area contributed by atoms with Crippen molar-refractivity contribution in [3.8, 4) is 0 Å². The standard InChI is InChI=1S/C15H32N2O/c1-5-18-14-7-10-17(11-8-14)15(4,12-16)9-6-13(2)3/h13-14H,5-12,16H2,1-4H3. The van der Waals surface area contributed by atoms with Crippen molar-refractivity contribution in [1.29, 1.82) is 0 Å². The van der Waals surface area contributed by atoms with Gasteiger partial charge in [0.15, 0.2) is 0 Å². The highest BCUT2D eigenvalue weighted by Gasteiger charge is 2.33. The molecule has 0 aromatic rings. The molecular weight excluding hydrogens is 224 g/mol. The summed E-state index contributed by atoms with van der Waals surface area (Å²) in [5.74, 6) is 0.761. The van der Waals surface area contributed by atoms with Crippen molar-refractivity contribution < 1.29 is 4.74 Å². The Hall–Kier alpha value is -0.120. The minimum atomic E-state index is 0.182. The van der Waals surface area contributed by atoms with E-state index in [9.17, 15) is 0 Å². The van der Waals surface area contributed by atoms with Crippen molar-refractivity contribution in [2.24, 2.45) is 11.7 Å². The van der Waals surface area contributed by atoms with Gasteiger partial charge >= 0.3 is 0 Å². The zero-order chi connectivity index (χ0) is 13.6. The number of nitrogens with two attached hydrogens (primary N) is 1. The fourth-order valence-corrected chi connectivity index (χ4v) is 2.79. The molecule has 0 radical (unpaired) electrons. The van der Waals surface area contributed by atoms with Crippen LogP contribution in [0.3, 0.4) is 0 Å². The van der Waals surface area contributed by atoms with Crippen molar-refractivity contribution >= 4 is 0 Å². The van der Waals surface area contributed by atoms with E-state index in [1.807, 2.05) is 0 Å². The first-order valence-electron chi connectivity index (χ1n) is 7.58. The van der Waals surface area contributed by atoms with Gasteiger partial charge in [0.1, 0.15) is 0 Å². The molecule has 0 aromatic heterocycles. The van der Waals surface area contributed by atoms with Gasteiger partial charge in [-0.15, -0.1) is 0 Å². The quantitative estimate of drug-likeness (QED) is 0.761. The summed E-state index contributed by atoms with van der Waals surface area (Å²) < 4.78 is 5.72. The topological polar surface area (TPSA) is 38.5 Å². The number of piperidine rings is 1. The maximum Gasteiger partial charge on any atom is 0.0599 e. The van der Waals surface area contributed by atoms with E-state index in [1.165, 1.54) is 12.8 Å². The zero-order valence-electron chi connectivity index (χ0n) is 12.7. The van der Waals surface area contributed by atoms with Crippen molar-refractivity contribution in [3.63, 3.8) is 0 Å². The molecule has 1 heterocycles. The Morgan fingerprint density at radius 1 is 1.33 bits per heavy atom. The smallest absolute Gasteiger partial charge is 0.0599 e. The Kier molecular flexibility index (Phi) is 6.61. The van der Waals surface area contributed by atoms with Gasteiger partial charge in [-0.3, -0.25) is 4.90 Å². The fourth-order valence-electron chi connectivity index (χ4n) is 2.79. The summed E-state index contributed by atoms with van der Waals surface area (Å²) in [6.45, 7) is 12.9. The summed E-state index contributed by atoms with van der Waals surface area (Å²) in [4.78, 5) is 2.59. The average Bonchev–Trinajstić information content (AvgIpc) is 2.37. The molecule has 1 rings (SSSR count). The molecular formula is C15H32N2O. The number of likely N-dealkylation sites (tertiary alicyclic amines) is 1. The lowest BCUT2D eigenvalue weighted by Gasteiger charge is -2.45. The maximum absolute atomic E-state index is 6.04. The van der Waals surface area contributed by atoms with Gasteiger partial charge in [0.25, 0.3) is 0 Å². The minimum Gasteiger partial charge on any atom is -0.378 e. The van der Waals surface area contributed by atoms with Gasteiger partial charge in [-0.25, -0.2) is 0 Å². The second-order valence-electron chi connectivity index (χ2n) is 6.28. The molecule has 1 aliphatic rings. The van der Waals surface area contributed by atoms with Crippen LogP contribution < -0.4 is 5.73 Å². The second-order valence-corrected chi connectivity index (χ2v) is 6.28. The maximum atomic E-state index is 6.04. The van der Waals surface area contributed by atoms with Crippen molar-refractivity contribution in [2.45, 2.75) is 65.0 Å². The predicted molar refractivity (Wildman–Crippen MR) is 77.8 cm³/mol. The summed E-state index contributed by atoms with van der Waals surface area (Å²) in [5, 5.41) is 0. The summed E-state index contributed by atoms with van der Waals surface area (Å²) >= 11 is 0. The van der Waals surface area contributed by atoms with Crippen LogP contribution >= 0.6 is 0 Å². The van der Waals surface area contributed by atoms with Gasteiger partial charge in [-0.05, 0) is 45.4 Å². The van der Waals surface area contributed by atoms with Crippen LogP contribution in [0.15, 0.2) is 0 Å². The third-order valence-corrected chi connectivity index (χ3v) is 4.31. The first-order chi connectivity index (χ1) is 8.51. The van der Waals surface area contributed by atoms with E-state index in [4.69, 9.17) is 10.5 Å². The largest absolute Gasteiger partial charge is 0.378 e. The van der Waals surface area contributed by atoms with E-state index < -0.39 is 0 Å². The van der Waals surface area contributed by atoms with Crippen LogP contribution in [0.5, 0.6) is 0 Å². The average molecular weight is 256 g/mol. The highest BCUT2D eigenvalue weighted by Crippen LogP contribution is 2.27. The van der Waals surface area contributed by atoms with Crippen LogP contribution in [-0.4, -0.2) is 42.8 Å². The third-order valence-electron chi connectivity index (χ3n) is 4.31. The van der Waals surface area contributed by atoms with Crippen molar-refractivity contribution in [2.75, 3.05) is 26.2 Å². The molecule has 0 aliphatic carbocycles. The van der Waals surface area contributed by atoms with E-state index in [0.717, 1.165) is 45.0 Å². The number of hydrogen-bond acceptors (Lipinski definition) is 3. The van der Waals surface area contributed by atoms with Gasteiger partial charge in [-0.2, -0.15) is 0 Å². The summed E-state index contributed by atoms with van der Waals surface area (Å²) in [7, 11) is 0. The SMILES string of the molecule is CCOC1CCN(C(C)(CN)CCC(C)C)CC1. The van der Waals surface area contributed by atoms with Gasteiger partial charge in [-0.1, -0.05) is 13.8 Å². The normalized spacial score (nSPS) is 22.3. The number of hydrogen-bond donors (Lipinski definition) is 1. The first-order valence-corrected chi connectivity index (χ1v) is 7.58. The lowest BCUT2D eigenvalue weighted by Crippen LogP contribution is -2.55. The zero-order valence-corrected chi connectivity index (χ0v) is 12.7. The van der Waals surface area contributed by atoms with Gasteiger partial charge in [0.05, 0.1) is 6.10 Å². The van der Waals surface area contributed by atoms with Crippen LogP contribution in [0.25, 0.3) is 0 Å². The fraction of sp³-hybridized carbons (Fsp3) is 1.00. The molecule has 108 valence electrons. The Labute approximate surface area is 113 Å². The molecule has 1 saturated heterocycles. The molecule has 0 saturated carbocycles. The molecule has 1 atom stereocenters. The number of ether oxygens (including phenoxy) is 1. The number of nitrogens with zero attached hydrogens (tertiary/aromatic N) is 1. The molecule has 1 aliphatic heterocycles. The Bertz CT molecular complexity index is 225. The molecule has 3 nitrogen and oxygen atoms in total. The van der Waals surface area contributed by atoms with Crippen LogP contribution in [0.4, 0.5) is 0 Å². The third kappa shape index (κ3) is 4.52. The lowest BCUT2D eigenvalue weighted by atomic mass is 9.88. The summed E-state index contributed by atoms with van der Waals surface area (Å²) in [6, 6.07) is 0. The van der Waals surface area contributed by atoms with Crippen LogP contribution in [0, 0.1) is 5.92 Å².